The number of nitrogens with zero attached hydrogens (tertiary/aromatic N) is 1. The van der Waals surface area contributed by atoms with E-state index in [1.54, 1.807) is 0 Å². The monoisotopic (exact) mass is 229 g/mol. The normalized spacial score (nSPS) is 12.9. The van der Waals surface area contributed by atoms with Crippen molar-refractivity contribution in [1.29, 1.82) is 0 Å². The average molecular weight is 229 g/mol. The Labute approximate surface area is 108 Å². The number of unbranched alkanes of at least 4 members (excludes halogenated alkanes) is 2. The van der Waals surface area contributed by atoms with E-state index in [-0.39, 0.29) is 5.82 Å². The molecule has 0 aliphatic rings. The average Bonchev–Trinajstić information content (AvgIpc) is 2.28. The fourth-order valence-corrected chi connectivity index (χ4v) is 2.07. The van der Waals surface area contributed by atoms with E-state index in [9.17, 15) is 0 Å². The van der Waals surface area contributed by atoms with E-state index in [1.165, 1.54) is 30.4 Å². The van der Waals surface area contributed by atoms with Gasteiger partial charge in [-0.15, -0.1) is 0 Å². The van der Waals surface area contributed by atoms with Crippen molar-refractivity contribution in [1.82, 2.24) is 4.90 Å². The molecule has 0 fully saturated rings. The third kappa shape index (κ3) is 5.40. The summed E-state index contributed by atoms with van der Waals surface area (Å²) in [5.74, 6) is 0.198. The van der Waals surface area contributed by atoms with E-state index >= 15 is 0 Å². The molecule has 2 heteroatoms. The van der Waals surface area contributed by atoms with Crippen LogP contribution in [0.1, 0.15) is 49.6 Å². The summed E-state index contributed by atoms with van der Waals surface area (Å²) in [6.45, 7) is 3.21. The van der Waals surface area contributed by atoms with Gasteiger partial charge in [-0.3, -0.25) is 0 Å². The van der Waals surface area contributed by atoms with Crippen LogP contribution in [0.3, 0.4) is 0 Å². The number of rotatable bonds is 7. The summed E-state index contributed by atoms with van der Waals surface area (Å²) in [7, 11) is 10.4. The van der Waals surface area contributed by atoms with Crippen LogP contribution < -0.4 is 0 Å². The van der Waals surface area contributed by atoms with Gasteiger partial charge in [-0.2, -0.15) is 0 Å². The standard InChI is InChI=1S/C15H24BN/c1-4-5-6-10-15(16)14-9-7-8-13(11-14)12-17(2)3/h7-9,11,15H,4-6,10,12H2,1-3H3. The molecule has 0 amide bonds. The van der Waals surface area contributed by atoms with E-state index in [2.05, 4.69) is 50.2 Å². The van der Waals surface area contributed by atoms with Gasteiger partial charge < -0.3 is 4.90 Å². The Hall–Kier alpha value is -0.755. The second kappa shape index (κ2) is 7.55. The molecule has 1 rings (SSSR count). The van der Waals surface area contributed by atoms with Gasteiger partial charge in [-0.05, 0) is 19.7 Å². The molecule has 0 aromatic heterocycles. The second-order valence-electron chi connectivity index (χ2n) is 5.09. The van der Waals surface area contributed by atoms with Crippen molar-refractivity contribution >= 4 is 7.85 Å². The summed E-state index contributed by atoms with van der Waals surface area (Å²) in [5, 5.41) is 0. The van der Waals surface area contributed by atoms with Crippen molar-refractivity contribution in [3.63, 3.8) is 0 Å². The maximum absolute atomic E-state index is 6.22. The maximum atomic E-state index is 6.22. The van der Waals surface area contributed by atoms with Gasteiger partial charge in [0, 0.05) is 6.54 Å². The van der Waals surface area contributed by atoms with E-state index in [1.807, 2.05) is 0 Å². The van der Waals surface area contributed by atoms with Gasteiger partial charge in [0.1, 0.15) is 0 Å². The summed E-state index contributed by atoms with van der Waals surface area (Å²) < 4.78 is 0. The molecule has 2 radical (unpaired) electrons. The van der Waals surface area contributed by atoms with Crippen LogP contribution in [-0.4, -0.2) is 26.8 Å². The third-order valence-corrected chi connectivity index (χ3v) is 3.00. The zero-order valence-electron chi connectivity index (χ0n) is 11.4. The van der Waals surface area contributed by atoms with Crippen LogP contribution in [0.2, 0.25) is 0 Å². The molecule has 1 aromatic carbocycles. The smallest absolute Gasteiger partial charge is 0.0763 e. The van der Waals surface area contributed by atoms with Crippen molar-refractivity contribution in [3.8, 4) is 0 Å². The third-order valence-electron chi connectivity index (χ3n) is 3.00. The molecule has 1 nitrogen and oxygen atoms in total. The predicted octanol–water partition coefficient (Wildman–Crippen LogP) is 3.54. The fraction of sp³-hybridized carbons (Fsp3) is 0.600. The SMILES string of the molecule is [B]C(CCCCC)c1cccc(CN(C)C)c1. The van der Waals surface area contributed by atoms with E-state index in [0.29, 0.717) is 0 Å². The highest BCUT2D eigenvalue weighted by atomic mass is 15.0. The lowest BCUT2D eigenvalue weighted by atomic mass is 9.77. The van der Waals surface area contributed by atoms with Gasteiger partial charge in [0.2, 0.25) is 0 Å². The van der Waals surface area contributed by atoms with Crippen LogP contribution in [0.15, 0.2) is 24.3 Å². The van der Waals surface area contributed by atoms with Gasteiger partial charge in [0.25, 0.3) is 0 Å². The first-order valence-corrected chi connectivity index (χ1v) is 6.62. The Morgan fingerprint density at radius 3 is 2.65 bits per heavy atom. The Bertz CT molecular complexity index is 322. The van der Waals surface area contributed by atoms with Gasteiger partial charge >= 0.3 is 0 Å². The minimum Gasteiger partial charge on any atom is -0.305 e. The molecular weight excluding hydrogens is 205 g/mol. The molecule has 0 spiro atoms. The molecule has 0 aliphatic carbocycles. The molecule has 0 saturated heterocycles. The largest absolute Gasteiger partial charge is 0.305 e. The van der Waals surface area contributed by atoms with Crippen molar-refractivity contribution in [3.05, 3.63) is 35.4 Å². The highest BCUT2D eigenvalue weighted by Crippen LogP contribution is 2.20. The lowest BCUT2D eigenvalue weighted by Crippen LogP contribution is -2.11. The van der Waals surface area contributed by atoms with Gasteiger partial charge in [0.05, 0.1) is 7.85 Å². The Kier molecular flexibility index (Phi) is 6.35. The van der Waals surface area contributed by atoms with E-state index in [0.717, 1.165) is 13.0 Å². The lowest BCUT2D eigenvalue weighted by Gasteiger charge is -2.15. The van der Waals surface area contributed by atoms with Crippen LogP contribution in [0.5, 0.6) is 0 Å². The molecule has 92 valence electrons. The number of hydrogen-bond donors (Lipinski definition) is 0. The van der Waals surface area contributed by atoms with Crippen molar-refractivity contribution in [2.45, 2.75) is 45.0 Å². The first-order valence-electron chi connectivity index (χ1n) is 6.62. The molecule has 0 aliphatic heterocycles. The first kappa shape index (κ1) is 14.3. The van der Waals surface area contributed by atoms with Crippen LogP contribution in [0, 0.1) is 0 Å². The molecule has 0 N–H and O–H groups in total. The zero-order chi connectivity index (χ0) is 12.7. The van der Waals surface area contributed by atoms with E-state index < -0.39 is 0 Å². The number of benzene rings is 1. The highest BCUT2D eigenvalue weighted by Gasteiger charge is 2.05. The molecule has 1 unspecified atom stereocenters. The Morgan fingerprint density at radius 2 is 2.00 bits per heavy atom. The quantitative estimate of drug-likeness (QED) is 0.510. The van der Waals surface area contributed by atoms with Crippen molar-refractivity contribution < 1.29 is 0 Å². The summed E-state index contributed by atoms with van der Waals surface area (Å²) in [6, 6.07) is 8.68. The van der Waals surface area contributed by atoms with Crippen LogP contribution in [0.4, 0.5) is 0 Å². The molecule has 0 bridgehead atoms. The maximum Gasteiger partial charge on any atom is 0.0763 e. The molecule has 17 heavy (non-hydrogen) atoms. The molecule has 1 aromatic rings. The van der Waals surface area contributed by atoms with Crippen molar-refractivity contribution in [2.24, 2.45) is 0 Å². The Morgan fingerprint density at radius 1 is 1.24 bits per heavy atom. The molecule has 1 atom stereocenters. The van der Waals surface area contributed by atoms with Crippen molar-refractivity contribution in [2.75, 3.05) is 14.1 Å². The predicted molar refractivity (Wildman–Crippen MR) is 76.5 cm³/mol. The molecule has 0 saturated carbocycles. The zero-order valence-corrected chi connectivity index (χ0v) is 11.4. The van der Waals surface area contributed by atoms with E-state index in [4.69, 9.17) is 7.85 Å². The highest BCUT2D eigenvalue weighted by molar-refractivity contribution is 6.12. The van der Waals surface area contributed by atoms with Gasteiger partial charge in [-0.1, -0.05) is 68.3 Å². The second-order valence-corrected chi connectivity index (χ2v) is 5.09. The topological polar surface area (TPSA) is 3.24 Å². The summed E-state index contributed by atoms with van der Waals surface area (Å²) in [6.07, 6.45) is 4.87. The van der Waals surface area contributed by atoms with Crippen LogP contribution >= 0.6 is 0 Å². The summed E-state index contributed by atoms with van der Waals surface area (Å²) >= 11 is 0. The minimum atomic E-state index is 0.198. The molecular formula is C15H24BN. The molecule has 0 heterocycles. The van der Waals surface area contributed by atoms with Crippen LogP contribution in [-0.2, 0) is 6.54 Å². The van der Waals surface area contributed by atoms with Gasteiger partial charge in [-0.25, -0.2) is 0 Å². The fourth-order valence-electron chi connectivity index (χ4n) is 2.07. The lowest BCUT2D eigenvalue weighted by molar-refractivity contribution is 0.402. The first-order chi connectivity index (χ1) is 8.13. The summed E-state index contributed by atoms with van der Waals surface area (Å²) in [4.78, 5) is 2.18. The summed E-state index contributed by atoms with van der Waals surface area (Å²) in [5.41, 5.74) is 2.62. The van der Waals surface area contributed by atoms with Crippen LogP contribution in [0.25, 0.3) is 0 Å². The minimum absolute atomic E-state index is 0.198. The van der Waals surface area contributed by atoms with Gasteiger partial charge in [0.15, 0.2) is 0 Å². The Balaban J connectivity index is 2.57. The number of hydrogen-bond acceptors (Lipinski definition) is 1.